The van der Waals surface area contributed by atoms with Crippen molar-refractivity contribution >= 4 is 5.96 Å². The van der Waals surface area contributed by atoms with Gasteiger partial charge in [-0.3, -0.25) is 4.99 Å². The lowest BCUT2D eigenvalue weighted by Crippen LogP contribution is -2.40. The van der Waals surface area contributed by atoms with E-state index in [2.05, 4.69) is 46.8 Å². The van der Waals surface area contributed by atoms with E-state index in [1.54, 1.807) is 7.11 Å². The van der Waals surface area contributed by atoms with Gasteiger partial charge in [-0.15, -0.1) is 0 Å². The largest absolute Gasteiger partial charge is 0.377 e. The van der Waals surface area contributed by atoms with E-state index in [4.69, 9.17) is 4.74 Å². The molecular weight excluding hydrogens is 250 g/mol. The summed E-state index contributed by atoms with van der Waals surface area (Å²) in [5, 5.41) is 6.60. The number of ether oxygens (including phenoxy) is 1. The molecule has 20 heavy (non-hydrogen) atoms. The summed E-state index contributed by atoms with van der Waals surface area (Å²) in [4.78, 5) is 4.56. The molecule has 0 aromatic heterocycles. The van der Waals surface area contributed by atoms with Gasteiger partial charge in [-0.1, -0.05) is 30.3 Å². The van der Waals surface area contributed by atoms with Crippen LogP contribution in [0.5, 0.6) is 0 Å². The maximum atomic E-state index is 5.38. The fraction of sp³-hybridized carbons (Fsp3) is 0.562. The summed E-state index contributed by atoms with van der Waals surface area (Å²) in [5.41, 5.74) is 1.09. The molecule has 112 valence electrons. The minimum absolute atomic E-state index is 0.234. The number of hydrogen-bond donors (Lipinski definition) is 2. The van der Waals surface area contributed by atoms with Gasteiger partial charge in [0.25, 0.3) is 0 Å². The zero-order valence-corrected chi connectivity index (χ0v) is 13.1. The van der Waals surface area contributed by atoms with E-state index >= 15 is 0 Å². The van der Waals surface area contributed by atoms with Crippen LogP contribution in [0.3, 0.4) is 0 Å². The molecule has 0 aliphatic rings. The molecular formula is C16H27N3O. The maximum absolute atomic E-state index is 5.38. The molecule has 0 aliphatic heterocycles. The van der Waals surface area contributed by atoms with Crippen molar-refractivity contribution in [2.75, 3.05) is 26.7 Å². The number of nitrogens with one attached hydrogen (secondary N) is 2. The van der Waals surface area contributed by atoms with Gasteiger partial charge in [0.1, 0.15) is 0 Å². The first-order valence-electron chi connectivity index (χ1n) is 7.18. The Morgan fingerprint density at radius 3 is 2.50 bits per heavy atom. The van der Waals surface area contributed by atoms with E-state index in [-0.39, 0.29) is 5.60 Å². The number of methoxy groups -OCH3 is 1. The molecule has 0 radical (unpaired) electrons. The second-order valence-corrected chi connectivity index (χ2v) is 5.32. The van der Waals surface area contributed by atoms with Crippen LogP contribution in [0.1, 0.15) is 26.3 Å². The molecule has 1 aromatic rings. The van der Waals surface area contributed by atoms with Crippen LogP contribution in [0.25, 0.3) is 0 Å². The van der Waals surface area contributed by atoms with Crippen molar-refractivity contribution in [3.63, 3.8) is 0 Å². The Morgan fingerprint density at radius 1 is 1.20 bits per heavy atom. The third-order valence-electron chi connectivity index (χ3n) is 3.06. The molecule has 0 heterocycles. The predicted molar refractivity (Wildman–Crippen MR) is 85.2 cm³/mol. The highest BCUT2D eigenvalue weighted by atomic mass is 16.5. The van der Waals surface area contributed by atoms with Crippen molar-refractivity contribution in [1.29, 1.82) is 0 Å². The van der Waals surface area contributed by atoms with Crippen LogP contribution in [0.4, 0.5) is 0 Å². The molecule has 1 aromatic carbocycles. The highest BCUT2D eigenvalue weighted by Gasteiger charge is 2.15. The van der Waals surface area contributed by atoms with Gasteiger partial charge in [-0.05, 0) is 32.8 Å². The second-order valence-electron chi connectivity index (χ2n) is 5.32. The molecule has 2 N–H and O–H groups in total. The standard InChI is InChI=1S/C16H27N3O/c1-5-17-15(19-13-16(2,3)20-4)18-12-11-14-9-7-6-8-10-14/h6-10H,5,11-13H2,1-4H3,(H2,17,18,19). The first kappa shape index (κ1) is 16.5. The summed E-state index contributed by atoms with van der Waals surface area (Å²) in [5.74, 6) is 0.841. The molecule has 1 rings (SSSR count). The van der Waals surface area contributed by atoms with Crippen LogP contribution in [0.2, 0.25) is 0 Å². The fourth-order valence-corrected chi connectivity index (χ4v) is 1.65. The van der Waals surface area contributed by atoms with Gasteiger partial charge >= 0.3 is 0 Å². The van der Waals surface area contributed by atoms with Crippen LogP contribution in [0, 0.1) is 0 Å². The van der Waals surface area contributed by atoms with Crippen LogP contribution >= 0.6 is 0 Å². The number of aliphatic imine (C=N–C) groups is 1. The van der Waals surface area contributed by atoms with Crippen molar-refractivity contribution in [2.24, 2.45) is 4.99 Å². The van der Waals surface area contributed by atoms with E-state index < -0.39 is 0 Å². The van der Waals surface area contributed by atoms with Crippen LogP contribution < -0.4 is 10.6 Å². The summed E-state index contributed by atoms with van der Waals surface area (Å²) in [6.07, 6.45) is 0.985. The maximum Gasteiger partial charge on any atom is 0.191 e. The number of benzene rings is 1. The van der Waals surface area contributed by atoms with Gasteiger partial charge in [0, 0.05) is 20.2 Å². The highest BCUT2D eigenvalue weighted by Crippen LogP contribution is 2.06. The molecule has 4 heteroatoms. The van der Waals surface area contributed by atoms with Crippen molar-refractivity contribution in [3.05, 3.63) is 35.9 Å². The molecule has 4 nitrogen and oxygen atoms in total. The van der Waals surface area contributed by atoms with Crippen LogP contribution in [-0.4, -0.2) is 38.3 Å². The lowest BCUT2D eigenvalue weighted by atomic mass is 10.1. The zero-order chi connectivity index (χ0) is 14.8. The van der Waals surface area contributed by atoms with Gasteiger partial charge in [0.15, 0.2) is 5.96 Å². The van der Waals surface area contributed by atoms with Crippen molar-refractivity contribution in [3.8, 4) is 0 Å². The molecule has 0 amide bonds. The summed E-state index contributed by atoms with van der Waals surface area (Å²) in [7, 11) is 1.71. The Morgan fingerprint density at radius 2 is 1.90 bits per heavy atom. The third kappa shape index (κ3) is 6.57. The monoisotopic (exact) mass is 277 g/mol. The van der Waals surface area contributed by atoms with E-state index in [1.165, 1.54) is 5.56 Å². The summed E-state index contributed by atoms with van der Waals surface area (Å²) >= 11 is 0. The summed E-state index contributed by atoms with van der Waals surface area (Å²) < 4.78 is 5.38. The molecule has 0 saturated heterocycles. The minimum Gasteiger partial charge on any atom is -0.377 e. The third-order valence-corrected chi connectivity index (χ3v) is 3.06. The molecule has 0 fully saturated rings. The van der Waals surface area contributed by atoms with Crippen LogP contribution in [-0.2, 0) is 11.2 Å². The Balaban J connectivity index is 2.44. The highest BCUT2D eigenvalue weighted by molar-refractivity contribution is 5.79. The summed E-state index contributed by atoms with van der Waals surface area (Å²) in [6.45, 7) is 8.47. The van der Waals surface area contributed by atoms with E-state index in [0.29, 0.717) is 6.54 Å². The molecule has 0 atom stereocenters. The number of guanidine groups is 1. The van der Waals surface area contributed by atoms with Crippen molar-refractivity contribution in [1.82, 2.24) is 10.6 Å². The molecule has 0 saturated carbocycles. The zero-order valence-electron chi connectivity index (χ0n) is 13.1. The smallest absolute Gasteiger partial charge is 0.191 e. The lowest BCUT2D eigenvalue weighted by Gasteiger charge is -2.21. The minimum atomic E-state index is -0.234. The average molecular weight is 277 g/mol. The fourth-order valence-electron chi connectivity index (χ4n) is 1.65. The van der Waals surface area contributed by atoms with E-state index in [0.717, 1.165) is 25.5 Å². The first-order valence-corrected chi connectivity index (χ1v) is 7.18. The number of nitrogens with zero attached hydrogens (tertiary/aromatic N) is 1. The molecule has 0 aliphatic carbocycles. The predicted octanol–water partition coefficient (Wildman–Crippen LogP) is 2.21. The SMILES string of the molecule is CCNC(=NCC(C)(C)OC)NCCc1ccccc1. The summed E-state index contributed by atoms with van der Waals surface area (Å²) in [6, 6.07) is 10.4. The first-order chi connectivity index (χ1) is 9.57. The normalized spacial score (nSPS) is 12.3. The quantitative estimate of drug-likeness (QED) is 0.593. The Hall–Kier alpha value is -1.55. The number of rotatable bonds is 7. The molecule has 0 spiro atoms. The lowest BCUT2D eigenvalue weighted by molar-refractivity contribution is 0.0310. The van der Waals surface area contributed by atoms with Crippen LogP contribution in [0.15, 0.2) is 35.3 Å². The molecule has 0 bridgehead atoms. The van der Waals surface area contributed by atoms with Gasteiger partial charge in [-0.2, -0.15) is 0 Å². The number of hydrogen-bond acceptors (Lipinski definition) is 2. The topological polar surface area (TPSA) is 45.7 Å². The van der Waals surface area contributed by atoms with Crippen molar-refractivity contribution in [2.45, 2.75) is 32.8 Å². The molecule has 0 unspecified atom stereocenters. The Bertz CT molecular complexity index is 401. The van der Waals surface area contributed by atoms with Gasteiger partial charge in [0.05, 0.1) is 12.1 Å². The van der Waals surface area contributed by atoms with E-state index in [1.807, 2.05) is 19.9 Å². The van der Waals surface area contributed by atoms with Gasteiger partial charge in [0.2, 0.25) is 0 Å². The Labute approximate surface area is 122 Å². The second kappa shape index (κ2) is 8.59. The average Bonchev–Trinajstić information content (AvgIpc) is 2.46. The van der Waals surface area contributed by atoms with Crippen molar-refractivity contribution < 1.29 is 4.74 Å². The van der Waals surface area contributed by atoms with E-state index in [9.17, 15) is 0 Å². The van der Waals surface area contributed by atoms with Gasteiger partial charge < -0.3 is 15.4 Å². The van der Waals surface area contributed by atoms with Gasteiger partial charge in [-0.25, -0.2) is 0 Å². The Kier molecular flexibility index (Phi) is 7.09.